The second kappa shape index (κ2) is 9.40. The van der Waals surface area contributed by atoms with Crippen LogP contribution in [-0.2, 0) is 11.0 Å². The zero-order valence-corrected chi connectivity index (χ0v) is 23.3. The Bertz CT molecular complexity index is 712. The molecule has 3 nitrogen and oxygen atoms in total. The molecule has 0 aliphatic rings. The van der Waals surface area contributed by atoms with Crippen LogP contribution in [0.1, 0.15) is 0 Å². The molecule has 0 atom stereocenters. The summed E-state index contributed by atoms with van der Waals surface area (Å²) in [7, 11) is -3.12. The smallest absolute Gasteiger partial charge is 0.254 e. The Morgan fingerprint density at radius 3 is 0.773 bits per heavy atom. The summed E-state index contributed by atoms with van der Waals surface area (Å²) in [6.07, 6.45) is 0. The Hall–Kier alpha value is 2.45. The van der Waals surface area contributed by atoms with Gasteiger partial charge in [-0.1, -0.05) is 0 Å². The Morgan fingerprint density at radius 2 is 0.636 bits per heavy atom. The van der Waals surface area contributed by atoms with Crippen molar-refractivity contribution >= 4 is 149 Å². The third kappa shape index (κ3) is 4.79. The van der Waals surface area contributed by atoms with Crippen molar-refractivity contribution in [2.45, 2.75) is 0 Å². The minimum atomic E-state index is -3.12. The summed E-state index contributed by atoms with van der Waals surface area (Å²) in [6.45, 7) is 0. The van der Waals surface area contributed by atoms with Crippen LogP contribution in [0.4, 0.5) is 0 Å². The maximum absolute atomic E-state index is 8.59. The highest BCUT2D eigenvalue weighted by Gasteiger charge is 2.22. The molecule has 2 rings (SSSR count). The molecule has 12 heteroatoms. The zero-order valence-electron chi connectivity index (χ0n) is 9.73. The molecular formula is C10H2Br8O3S. The molecule has 0 aliphatic carbocycles. The number of rotatable bonds is 0. The first-order chi connectivity index (χ1) is 10.0. The molecule has 1 N–H and O–H groups in total. The largest absolute Gasteiger partial charge is 0.288 e. The molecule has 22 heavy (non-hydrogen) atoms. The fraction of sp³-hybridized carbons (Fsp3) is 0. The van der Waals surface area contributed by atoms with Gasteiger partial charge in [0.2, 0.25) is 0 Å². The average Bonchev–Trinajstić information content (AvgIpc) is 2.43. The van der Waals surface area contributed by atoms with Gasteiger partial charge < -0.3 is 0 Å². The Labute approximate surface area is 195 Å². The van der Waals surface area contributed by atoms with Crippen LogP contribution in [0.3, 0.4) is 0 Å². The van der Waals surface area contributed by atoms with Gasteiger partial charge in [0, 0.05) is 46.6 Å². The van der Waals surface area contributed by atoms with Gasteiger partial charge in [-0.25, -0.2) is 8.42 Å². The molecule has 0 radical (unpaired) electrons. The van der Waals surface area contributed by atoms with Gasteiger partial charge in [0.1, 0.15) is 0 Å². The summed E-state index contributed by atoms with van der Waals surface area (Å²) in [6, 6.07) is 0. The van der Waals surface area contributed by atoms with Crippen molar-refractivity contribution in [3.63, 3.8) is 0 Å². The van der Waals surface area contributed by atoms with Crippen LogP contribution in [0.2, 0.25) is 0 Å². The van der Waals surface area contributed by atoms with Crippen molar-refractivity contribution in [1.82, 2.24) is 0 Å². The van der Waals surface area contributed by atoms with E-state index in [2.05, 4.69) is 127 Å². The molecule has 0 bridgehead atoms. The van der Waals surface area contributed by atoms with Crippen LogP contribution in [-0.4, -0.2) is 13.0 Å². The van der Waals surface area contributed by atoms with E-state index >= 15 is 0 Å². The molecular weight excluding hydrogens is 839 g/mol. The van der Waals surface area contributed by atoms with Crippen LogP contribution in [0, 0.1) is 0 Å². The standard InChI is InChI=1S/C10Br8.H2O3S/c11-3-1-2(5(13)9(17)7(3)15)6(14)10(18)8(16)4(1)12;1-4(2)3/h;4H,(H,1,2,3). The monoisotopic (exact) mass is 833 g/mol. The summed E-state index contributed by atoms with van der Waals surface area (Å²) >= 11 is 28.8. The lowest BCUT2D eigenvalue weighted by Gasteiger charge is -2.15. The molecule has 122 valence electrons. The van der Waals surface area contributed by atoms with Crippen LogP contribution in [0.15, 0.2) is 35.8 Å². The minimum Gasteiger partial charge on any atom is -0.288 e. The van der Waals surface area contributed by atoms with Crippen molar-refractivity contribution < 1.29 is 13.0 Å². The first-order valence-electron chi connectivity index (χ1n) is 4.83. The number of benzene rings is 2. The van der Waals surface area contributed by atoms with E-state index in [0.29, 0.717) is 0 Å². The number of halogens is 8. The van der Waals surface area contributed by atoms with Gasteiger partial charge in [0.05, 0.1) is 0 Å². The summed E-state index contributed by atoms with van der Waals surface area (Å²) in [5.41, 5.74) is 0. The lowest BCUT2D eigenvalue weighted by atomic mass is 10.1. The molecule has 0 fully saturated rings. The van der Waals surface area contributed by atoms with Crippen molar-refractivity contribution in [2.75, 3.05) is 0 Å². The van der Waals surface area contributed by atoms with Gasteiger partial charge in [0.15, 0.2) is 0 Å². The maximum Gasteiger partial charge on any atom is 0.254 e. The van der Waals surface area contributed by atoms with E-state index in [-0.39, 0.29) is 0 Å². The molecule has 2 aromatic carbocycles. The topological polar surface area (TPSA) is 54.4 Å². The zero-order chi connectivity index (χ0) is 17.4. The van der Waals surface area contributed by atoms with E-state index in [1.807, 2.05) is 0 Å². The summed E-state index contributed by atoms with van der Waals surface area (Å²) < 4.78 is 32.0. The fourth-order valence-electron chi connectivity index (χ4n) is 1.46. The van der Waals surface area contributed by atoms with Gasteiger partial charge in [0.25, 0.3) is 11.0 Å². The third-order valence-electron chi connectivity index (χ3n) is 2.28. The number of hydrogen-bond acceptors (Lipinski definition) is 2. The summed E-state index contributed by atoms with van der Waals surface area (Å²) in [5.74, 6) is 0. The fourth-order valence-corrected chi connectivity index (χ4v) is 7.02. The molecule has 0 saturated heterocycles. The van der Waals surface area contributed by atoms with Crippen molar-refractivity contribution in [3.05, 3.63) is 35.8 Å². The van der Waals surface area contributed by atoms with E-state index < -0.39 is 11.0 Å². The maximum atomic E-state index is 8.59. The molecule has 0 aromatic heterocycles. The predicted molar refractivity (Wildman–Crippen MR) is 118 cm³/mol. The van der Waals surface area contributed by atoms with Crippen molar-refractivity contribution in [2.24, 2.45) is 0 Å². The van der Waals surface area contributed by atoms with Gasteiger partial charge in [-0.2, -0.15) is 0 Å². The molecule has 0 unspecified atom stereocenters. The van der Waals surface area contributed by atoms with E-state index in [9.17, 15) is 0 Å². The summed E-state index contributed by atoms with van der Waals surface area (Å²) in [5, 5.41) is 2.14. The van der Waals surface area contributed by atoms with Gasteiger partial charge in [-0.15, -0.1) is 0 Å². The molecule has 0 spiro atoms. The predicted octanol–water partition coefficient (Wildman–Crippen LogP) is 8.01. The van der Waals surface area contributed by atoms with Crippen LogP contribution >= 0.6 is 127 Å². The van der Waals surface area contributed by atoms with Crippen LogP contribution in [0.5, 0.6) is 0 Å². The van der Waals surface area contributed by atoms with Crippen molar-refractivity contribution in [3.8, 4) is 0 Å². The molecule has 0 amide bonds. The van der Waals surface area contributed by atoms with Crippen LogP contribution in [0.25, 0.3) is 10.8 Å². The lowest BCUT2D eigenvalue weighted by Crippen LogP contribution is -1.88. The van der Waals surface area contributed by atoms with E-state index in [1.54, 1.807) is 0 Å². The van der Waals surface area contributed by atoms with Crippen LogP contribution < -0.4 is 0 Å². The first kappa shape index (κ1) is 22.5. The average molecular weight is 841 g/mol. The SMILES string of the molecule is Brc1c(Br)c(Br)c2c(Br)c(Br)c(Br)c(Br)c2c1Br.O=[SH](=O)O. The number of hydrogen-bond donors (Lipinski definition) is 2. The Balaban J connectivity index is 0.000000541. The second-order valence-electron chi connectivity index (χ2n) is 3.50. The lowest BCUT2D eigenvalue weighted by molar-refractivity contribution is 0.509. The minimum absolute atomic E-state index is 0.962. The first-order valence-corrected chi connectivity index (χ1v) is 12.3. The molecule has 0 heterocycles. The third-order valence-corrected chi connectivity index (χ3v) is 11.8. The highest BCUT2D eigenvalue weighted by molar-refractivity contribution is 9.16. The molecule has 2 aromatic rings. The number of thiol groups is 1. The van der Waals surface area contributed by atoms with E-state index in [4.69, 9.17) is 13.0 Å². The van der Waals surface area contributed by atoms with Gasteiger partial charge in [-0.05, 0) is 127 Å². The Morgan fingerprint density at radius 1 is 0.500 bits per heavy atom. The normalized spacial score (nSPS) is 10.8. The van der Waals surface area contributed by atoms with E-state index in [0.717, 1.165) is 46.6 Å². The summed E-state index contributed by atoms with van der Waals surface area (Å²) in [4.78, 5) is 0. The molecule has 0 saturated carbocycles. The number of fused-ring (bicyclic) bond motifs is 1. The van der Waals surface area contributed by atoms with E-state index in [1.165, 1.54) is 0 Å². The highest BCUT2D eigenvalue weighted by Crippen LogP contribution is 2.52. The highest BCUT2D eigenvalue weighted by atomic mass is 79.9. The van der Waals surface area contributed by atoms with Gasteiger partial charge >= 0.3 is 0 Å². The quantitative estimate of drug-likeness (QED) is 0.123. The second-order valence-corrected chi connectivity index (χ2v) is 10.3. The molecule has 0 aliphatic heterocycles. The van der Waals surface area contributed by atoms with Crippen molar-refractivity contribution in [1.29, 1.82) is 0 Å². The van der Waals surface area contributed by atoms with Gasteiger partial charge in [-0.3, -0.25) is 4.55 Å². The Kier molecular flexibility index (Phi) is 9.61.